The molecule has 0 aliphatic heterocycles. The predicted octanol–water partition coefficient (Wildman–Crippen LogP) is 4.93. The Morgan fingerprint density at radius 2 is 1.12 bits per heavy atom. The highest BCUT2D eigenvalue weighted by molar-refractivity contribution is 5.30. The molecule has 0 aliphatic rings. The van der Waals surface area contributed by atoms with E-state index in [1.54, 1.807) is 11.1 Å². The Hall–Kier alpha value is -0.780. The zero-order valence-corrected chi connectivity index (χ0v) is 11.2. The molecule has 0 N–H and O–H groups in total. The van der Waals surface area contributed by atoms with Gasteiger partial charge in [0.2, 0.25) is 0 Å². The zero-order valence-electron chi connectivity index (χ0n) is 11.2. The molecule has 16 heavy (non-hydrogen) atoms. The maximum atomic E-state index is 2.42. The van der Waals surface area contributed by atoms with E-state index in [-0.39, 0.29) is 0 Å². The van der Waals surface area contributed by atoms with E-state index in [1.165, 1.54) is 50.5 Å². The van der Waals surface area contributed by atoms with Gasteiger partial charge in [-0.25, -0.2) is 0 Å². The SMILES string of the molecule is CCCCc1cc(CC)cc(CCCC)c1. The molecule has 0 spiro atoms. The quantitative estimate of drug-likeness (QED) is 0.608. The summed E-state index contributed by atoms with van der Waals surface area (Å²) < 4.78 is 0. The Bertz CT molecular complexity index is 273. The van der Waals surface area contributed by atoms with Crippen molar-refractivity contribution in [2.24, 2.45) is 0 Å². The summed E-state index contributed by atoms with van der Waals surface area (Å²) in [6, 6.07) is 7.21. The number of benzene rings is 1. The molecule has 1 aromatic rings. The van der Waals surface area contributed by atoms with Gasteiger partial charge in [-0.05, 0) is 48.8 Å². The van der Waals surface area contributed by atoms with Gasteiger partial charge in [-0.2, -0.15) is 0 Å². The van der Waals surface area contributed by atoms with Crippen molar-refractivity contribution in [3.8, 4) is 0 Å². The van der Waals surface area contributed by atoms with E-state index in [9.17, 15) is 0 Å². The number of hydrogen-bond donors (Lipinski definition) is 0. The molecule has 0 atom stereocenters. The van der Waals surface area contributed by atoms with E-state index < -0.39 is 0 Å². The van der Waals surface area contributed by atoms with Crippen molar-refractivity contribution in [2.75, 3.05) is 0 Å². The molecule has 0 aromatic heterocycles. The molecule has 0 radical (unpaired) electrons. The van der Waals surface area contributed by atoms with E-state index in [0.717, 1.165) is 0 Å². The third-order valence-corrected chi connectivity index (χ3v) is 3.16. The van der Waals surface area contributed by atoms with Crippen LogP contribution < -0.4 is 0 Å². The molecule has 0 bridgehead atoms. The Morgan fingerprint density at radius 1 is 0.688 bits per heavy atom. The molecule has 0 unspecified atom stereocenters. The fraction of sp³-hybridized carbons (Fsp3) is 0.625. The van der Waals surface area contributed by atoms with Crippen LogP contribution in [0.1, 0.15) is 63.1 Å². The Balaban J connectivity index is 2.74. The molecular formula is C16H26. The Morgan fingerprint density at radius 3 is 1.50 bits per heavy atom. The molecule has 0 saturated heterocycles. The Kier molecular flexibility index (Phi) is 6.22. The van der Waals surface area contributed by atoms with Crippen LogP contribution >= 0.6 is 0 Å². The lowest BCUT2D eigenvalue weighted by molar-refractivity contribution is 0.778. The summed E-state index contributed by atoms with van der Waals surface area (Å²) in [4.78, 5) is 0. The monoisotopic (exact) mass is 218 g/mol. The van der Waals surface area contributed by atoms with Crippen molar-refractivity contribution in [3.63, 3.8) is 0 Å². The molecule has 1 aromatic carbocycles. The van der Waals surface area contributed by atoms with Gasteiger partial charge in [0, 0.05) is 0 Å². The first kappa shape index (κ1) is 13.3. The van der Waals surface area contributed by atoms with Crippen LogP contribution in [0.2, 0.25) is 0 Å². The second kappa shape index (κ2) is 7.49. The summed E-state index contributed by atoms with van der Waals surface area (Å²) in [5, 5.41) is 0. The van der Waals surface area contributed by atoms with E-state index in [2.05, 4.69) is 39.0 Å². The lowest BCUT2D eigenvalue weighted by atomic mass is 9.98. The number of aryl methyl sites for hydroxylation is 3. The van der Waals surface area contributed by atoms with Gasteiger partial charge in [0.15, 0.2) is 0 Å². The molecule has 0 amide bonds. The molecular weight excluding hydrogens is 192 g/mol. The molecule has 0 nitrogen and oxygen atoms in total. The minimum Gasteiger partial charge on any atom is -0.0654 e. The number of unbranched alkanes of at least 4 members (excludes halogenated alkanes) is 2. The first-order valence-corrected chi connectivity index (χ1v) is 6.91. The smallest absolute Gasteiger partial charge is 0.0279 e. The summed E-state index contributed by atoms with van der Waals surface area (Å²) in [7, 11) is 0. The van der Waals surface area contributed by atoms with E-state index >= 15 is 0 Å². The maximum Gasteiger partial charge on any atom is -0.0279 e. The second-order valence-electron chi connectivity index (χ2n) is 4.72. The molecule has 0 saturated carbocycles. The topological polar surface area (TPSA) is 0 Å². The zero-order chi connectivity index (χ0) is 11.8. The summed E-state index contributed by atoms with van der Waals surface area (Å²) in [5.74, 6) is 0. The van der Waals surface area contributed by atoms with Gasteiger partial charge < -0.3 is 0 Å². The molecule has 0 heterocycles. The fourth-order valence-electron chi connectivity index (χ4n) is 2.09. The van der Waals surface area contributed by atoms with Crippen LogP contribution in [0, 0.1) is 0 Å². The third-order valence-electron chi connectivity index (χ3n) is 3.16. The van der Waals surface area contributed by atoms with Crippen molar-refractivity contribution < 1.29 is 0 Å². The average molecular weight is 218 g/mol. The first-order chi connectivity index (χ1) is 7.80. The van der Waals surface area contributed by atoms with Crippen molar-refractivity contribution in [1.82, 2.24) is 0 Å². The normalized spacial score (nSPS) is 10.7. The van der Waals surface area contributed by atoms with Crippen molar-refractivity contribution in [3.05, 3.63) is 34.9 Å². The highest BCUT2D eigenvalue weighted by Gasteiger charge is 2.00. The highest BCUT2D eigenvalue weighted by Crippen LogP contribution is 2.15. The molecule has 1 rings (SSSR count). The van der Waals surface area contributed by atoms with Gasteiger partial charge in [0.25, 0.3) is 0 Å². The highest BCUT2D eigenvalue weighted by atomic mass is 14.1. The standard InChI is InChI=1S/C16H26/c1-4-7-9-15-11-14(6-3)12-16(13-15)10-8-5-2/h11-13H,4-10H2,1-3H3. The van der Waals surface area contributed by atoms with Crippen LogP contribution in [-0.4, -0.2) is 0 Å². The summed E-state index contributed by atoms with van der Waals surface area (Å²) in [6.45, 7) is 6.78. The van der Waals surface area contributed by atoms with Gasteiger partial charge in [-0.1, -0.05) is 51.8 Å². The minimum absolute atomic E-state index is 1.17. The van der Waals surface area contributed by atoms with Crippen LogP contribution in [0.3, 0.4) is 0 Å². The van der Waals surface area contributed by atoms with E-state index in [1.807, 2.05) is 0 Å². The summed E-state index contributed by atoms with van der Waals surface area (Å²) >= 11 is 0. The largest absolute Gasteiger partial charge is 0.0654 e. The number of hydrogen-bond acceptors (Lipinski definition) is 0. The molecule has 0 heteroatoms. The van der Waals surface area contributed by atoms with E-state index in [0.29, 0.717) is 0 Å². The molecule has 90 valence electrons. The van der Waals surface area contributed by atoms with Gasteiger partial charge in [-0.15, -0.1) is 0 Å². The fourth-order valence-corrected chi connectivity index (χ4v) is 2.09. The van der Waals surface area contributed by atoms with Gasteiger partial charge in [-0.3, -0.25) is 0 Å². The number of rotatable bonds is 7. The van der Waals surface area contributed by atoms with Gasteiger partial charge in [0.05, 0.1) is 0 Å². The van der Waals surface area contributed by atoms with Crippen molar-refractivity contribution >= 4 is 0 Å². The van der Waals surface area contributed by atoms with Crippen LogP contribution in [0.4, 0.5) is 0 Å². The first-order valence-electron chi connectivity index (χ1n) is 6.91. The lowest BCUT2D eigenvalue weighted by Gasteiger charge is -2.08. The molecule has 0 aliphatic carbocycles. The van der Waals surface area contributed by atoms with Gasteiger partial charge >= 0.3 is 0 Å². The third kappa shape index (κ3) is 4.38. The van der Waals surface area contributed by atoms with Crippen LogP contribution in [0.5, 0.6) is 0 Å². The average Bonchev–Trinajstić information content (AvgIpc) is 2.33. The van der Waals surface area contributed by atoms with Crippen molar-refractivity contribution in [1.29, 1.82) is 0 Å². The van der Waals surface area contributed by atoms with E-state index in [4.69, 9.17) is 0 Å². The summed E-state index contributed by atoms with van der Waals surface area (Å²) in [6.07, 6.45) is 8.90. The van der Waals surface area contributed by atoms with Crippen LogP contribution in [0.25, 0.3) is 0 Å². The lowest BCUT2D eigenvalue weighted by Crippen LogP contribution is -1.93. The molecule has 0 fully saturated rings. The minimum atomic E-state index is 1.17. The van der Waals surface area contributed by atoms with Crippen LogP contribution in [-0.2, 0) is 19.3 Å². The summed E-state index contributed by atoms with van der Waals surface area (Å²) in [5.41, 5.74) is 4.61. The van der Waals surface area contributed by atoms with Crippen LogP contribution in [0.15, 0.2) is 18.2 Å². The maximum absolute atomic E-state index is 2.42. The predicted molar refractivity (Wildman–Crippen MR) is 73.0 cm³/mol. The van der Waals surface area contributed by atoms with Crippen molar-refractivity contribution in [2.45, 2.75) is 65.7 Å². The van der Waals surface area contributed by atoms with Gasteiger partial charge in [0.1, 0.15) is 0 Å². The second-order valence-corrected chi connectivity index (χ2v) is 4.72. The Labute approximate surface area is 101 Å².